The van der Waals surface area contributed by atoms with Gasteiger partial charge in [0.15, 0.2) is 17.9 Å². The van der Waals surface area contributed by atoms with Gasteiger partial charge in [-0.25, -0.2) is 4.79 Å². The van der Waals surface area contributed by atoms with Crippen molar-refractivity contribution in [3.05, 3.63) is 35.9 Å². The van der Waals surface area contributed by atoms with Crippen molar-refractivity contribution in [1.82, 2.24) is 31.5 Å². The van der Waals surface area contributed by atoms with Crippen molar-refractivity contribution in [2.75, 3.05) is 26.2 Å². The lowest BCUT2D eigenvalue weighted by atomic mass is 9.99. The van der Waals surface area contributed by atoms with Crippen LogP contribution in [0.25, 0.3) is 0 Å². The Morgan fingerprint density at radius 2 is 1.04 bits per heavy atom. The molecule has 0 aliphatic carbocycles. The molecule has 1 aromatic carbocycles. The number of nitrogens with zero attached hydrogens (tertiary/aromatic N) is 4. The molecular weight excluding hydrogens is 881 g/mol. The van der Waals surface area contributed by atoms with Crippen molar-refractivity contribution in [2.24, 2.45) is 66.9 Å². The summed E-state index contributed by atoms with van der Waals surface area (Å²) in [6.07, 6.45) is 2.01. The molecule has 1 aliphatic heterocycles. The lowest BCUT2D eigenvalue weighted by Crippen LogP contribution is -2.60. The molecule has 1 aliphatic rings. The number of hydrogen-bond donors (Lipinski definition) is 13. The second-order valence-corrected chi connectivity index (χ2v) is 17.7. The monoisotopic (exact) mass is 957 g/mol. The first-order valence-corrected chi connectivity index (χ1v) is 23.1. The quantitative estimate of drug-likeness (QED) is 0.0212. The van der Waals surface area contributed by atoms with Gasteiger partial charge in [0.2, 0.25) is 35.4 Å². The summed E-state index contributed by atoms with van der Waals surface area (Å²) in [5.74, 6) is -5.93. The number of carbonyl (C=O) groups excluding carboxylic acids is 6. The molecule has 0 saturated carbocycles. The number of rotatable bonds is 30. The number of amides is 6. The Morgan fingerprint density at radius 3 is 1.51 bits per heavy atom. The van der Waals surface area contributed by atoms with E-state index in [1.165, 1.54) is 4.90 Å². The number of guanidine groups is 3. The highest BCUT2D eigenvalue weighted by atomic mass is 16.4. The van der Waals surface area contributed by atoms with Gasteiger partial charge >= 0.3 is 5.97 Å². The van der Waals surface area contributed by atoms with Crippen LogP contribution in [-0.2, 0) is 40.0 Å². The number of carboxylic acids is 1. The van der Waals surface area contributed by atoms with Crippen LogP contribution in [0.15, 0.2) is 45.3 Å². The number of aliphatic imine (C=N–C) groups is 3. The SMILES string of the molecule is CC(C)C[C@H](NC(=O)[C@H](CCCN=C(N)N)NC(=O)[C@H](CC(C)C)NC(=O)[C@@H](N)Cc1ccccc1)C(=O)N[C@@H](CCCN=C(N)N)C(=O)N1CCC[C@H]1C(=O)N[C@@H](CCCN=C(N)N)C(=O)O. The summed E-state index contributed by atoms with van der Waals surface area (Å²) in [4.78, 5) is 109. The first kappa shape index (κ1) is 57.4. The molecule has 0 spiro atoms. The van der Waals surface area contributed by atoms with E-state index in [2.05, 4.69) is 41.6 Å². The molecule has 6 amide bonds. The summed E-state index contributed by atoms with van der Waals surface area (Å²) in [5, 5.41) is 23.4. The van der Waals surface area contributed by atoms with E-state index in [1.807, 2.05) is 58.0 Å². The maximum atomic E-state index is 14.3. The third-order valence-corrected chi connectivity index (χ3v) is 10.9. The van der Waals surface area contributed by atoms with Gasteiger partial charge in [0.1, 0.15) is 36.3 Å². The number of nitrogens with one attached hydrogen (secondary N) is 5. The van der Waals surface area contributed by atoms with E-state index < -0.39 is 83.7 Å². The molecule has 68 heavy (non-hydrogen) atoms. The second-order valence-electron chi connectivity index (χ2n) is 17.7. The van der Waals surface area contributed by atoms with E-state index in [0.29, 0.717) is 6.42 Å². The smallest absolute Gasteiger partial charge is 0.326 e. The summed E-state index contributed by atoms with van der Waals surface area (Å²) in [6, 6.07) is 1.13. The second kappa shape index (κ2) is 29.8. The Hall–Kier alpha value is -6.72. The van der Waals surface area contributed by atoms with Crippen molar-refractivity contribution < 1.29 is 38.7 Å². The van der Waals surface area contributed by atoms with Crippen LogP contribution in [-0.4, -0.2) is 138 Å². The molecular formula is C44H76N16O8. The molecule has 2 rings (SSSR count). The van der Waals surface area contributed by atoms with Crippen LogP contribution < -0.4 is 66.7 Å². The average Bonchev–Trinajstić information content (AvgIpc) is 3.76. The standard InChI is InChI=1S/C44H76N16O8/c1-25(2)22-32(58-35(61)28(45)24-27-12-6-5-7-13-27)37(63)55-29(14-8-18-52-42(46)47)36(62)59-33(23-26(3)4)38(64)56-30(15-9-19-53-43(48)49)40(66)60-21-11-17-34(60)39(65)57-31(41(67)68)16-10-20-54-44(50)51/h5-7,12-13,25-26,28-34H,8-11,14-24,45H2,1-4H3,(H,55,63)(H,56,64)(H,57,65)(H,58,61)(H,59,62)(H,67,68)(H4,46,47,52)(H4,48,49,53)(H4,50,51,54)/t28-,29-,30-,31-,32-,33-,34-/m0/s1. The zero-order chi connectivity index (χ0) is 50.9. The molecule has 7 atom stereocenters. The van der Waals surface area contributed by atoms with Gasteiger partial charge in [-0.2, -0.15) is 0 Å². The largest absolute Gasteiger partial charge is 0.480 e. The van der Waals surface area contributed by atoms with Crippen molar-refractivity contribution in [3.8, 4) is 0 Å². The van der Waals surface area contributed by atoms with E-state index in [-0.39, 0.29) is 120 Å². The Kier molecular flexibility index (Phi) is 25.2. The fraction of sp³-hybridized carbons (Fsp3) is 0.636. The van der Waals surface area contributed by atoms with Gasteiger partial charge in [0.25, 0.3) is 0 Å². The van der Waals surface area contributed by atoms with Gasteiger partial charge in [-0.05, 0) is 88.0 Å². The third kappa shape index (κ3) is 21.7. The Labute approximate surface area is 398 Å². The zero-order valence-electron chi connectivity index (χ0n) is 39.8. The normalized spacial score (nSPS) is 15.9. The number of carboxylic acid groups (broad SMARTS) is 1. The lowest BCUT2D eigenvalue weighted by Gasteiger charge is -2.31. The number of hydrogen-bond acceptors (Lipinski definition) is 11. The molecule has 1 heterocycles. The zero-order valence-corrected chi connectivity index (χ0v) is 39.8. The van der Waals surface area contributed by atoms with Gasteiger partial charge in [-0.3, -0.25) is 43.7 Å². The van der Waals surface area contributed by atoms with E-state index in [4.69, 9.17) is 40.1 Å². The maximum absolute atomic E-state index is 14.3. The minimum absolute atomic E-state index is 0.0186. The minimum Gasteiger partial charge on any atom is -0.480 e. The number of benzene rings is 1. The van der Waals surface area contributed by atoms with Crippen LogP contribution >= 0.6 is 0 Å². The molecule has 0 aromatic heterocycles. The Morgan fingerprint density at radius 1 is 0.618 bits per heavy atom. The Balaban J connectivity index is 2.38. The predicted octanol–water partition coefficient (Wildman–Crippen LogP) is -2.69. The molecule has 0 radical (unpaired) electrons. The van der Waals surface area contributed by atoms with Gasteiger partial charge in [-0.1, -0.05) is 58.0 Å². The van der Waals surface area contributed by atoms with Crippen LogP contribution in [0, 0.1) is 11.8 Å². The van der Waals surface area contributed by atoms with E-state index >= 15 is 0 Å². The van der Waals surface area contributed by atoms with Crippen LogP contribution in [0.4, 0.5) is 0 Å². The summed E-state index contributed by atoms with van der Waals surface area (Å²) in [6.45, 7) is 7.93. The van der Waals surface area contributed by atoms with Crippen LogP contribution in [0.2, 0.25) is 0 Å². The lowest BCUT2D eigenvalue weighted by molar-refractivity contribution is -0.145. The highest BCUT2D eigenvalue weighted by Crippen LogP contribution is 2.21. The van der Waals surface area contributed by atoms with Gasteiger partial charge in [-0.15, -0.1) is 0 Å². The molecule has 24 heteroatoms. The highest BCUT2D eigenvalue weighted by Gasteiger charge is 2.40. The summed E-state index contributed by atoms with van der Waals surface area (Å²) < 4.78 is 0. The average molecular weight is 957 g/mol. The van der Waals surface area contributed by atoms with Gasteiger partial charge in [0.05, 0.1) is 6.04 Å². The van der Waals surface area contributed by atoms with Crippen molar-refractivity contribution in [2.45, 2.75) is 141 Å². The first-order valence-electron chi connectivity index (χ1n) is 23.1. The molecule has 0 unspecified atom stereocenters. The van der Waals surface area contributed by atoms with Crippen molar-refractivity contribution in [3.63, 3.8) is 0 Å². The minimum atomic E-state index is -1.28. The molecule has 0 bridgehead atoms. The van der Waals surface area contributed by atoms with Gasteiger partial charge in [0, 0.05) is 26.2 Å². The topological polar surface area (TPSA) is 422 Å². The number of likely N-dealkylation sites (tertiary alicyclic amines) is 1. The fourth-order valence-corrected chi connectivity index (χ4v) is 7.53. The van der Waals surface area contributed by atoms with Gasteiger partial charge < -0.3 is 76.7 Å². The van der Waals surface area contributed by atoms with Crippen LogP contribution in [0.5, 0.6) is 0 Å². The predicted molar refractivity (Wildman–Crippen MR) is 259 cm³/mol. The Bertz CT molecular complexity index is 1900. The summed E-state index contributed by atoms with van der Waals surface area (Å²) in [5.41, 5.74) is 39.9. The van der Waals surface area contributed by atoms with E-state index in [1.54, 1.807) is 0 Å². The van der Waals surface area contributed by atoms with Crippen molar-refractivity contribution in [1.29, 1.82) is 0 Å². The van der Waals surface area contributed by atoms with Crippen LogP contribution in [0.1, 0.15) is 97.5 Å². The molecule has 24 nitrogen and oxygen atoms in total. The maximum Gasteiger partial charge on any atom is 0.326 e. The highest BCUT2D eigenvalue weighted by molar-refractivity contribution is 5.97. The number of nitrogens with two attached hydrogens (primary N) is 7. The van der Waals surface area contributed by atoms with E-state index in [0.717, 1.165) is 5.56 Å². The van der Waals surface area contributed by atoms with E-state index in [9.17, 15) is 38.7 Å². The van der Waals surface area contributed by atoms with Crippen molar-refractivity contribution >= 4 is 59.3 Å². The summed E-state index contributed by atoms with van der Waals surface area (Å²) >= 11 is 0. The fourth-order valence-electron chi connectivity index (χ4n) is 7.53. The first-order chi connectivity index (χ1) is 32.1. The third-order valence-electron chi connectivity index (χ3n) is 10.9. The molecule has 1 fully saturated rings. The molecule has 1 saturated heterocycles. The molecule has 20 N–H and O–H groups in total. The number of aliphatic carboxylic acids is 1. The molecule has 380 valence electrons. The number of carbonyl (C=O) groups is 7. The van der Waals surface area contributed by atoms with Crippen LogP contribution in [0.3, 0.4) is 0 Å². The summed E-state index contributed by atoms with van der Waals surface area (Å²) in [7, 11) is 0. The molecule has 1 aromatic rings.